The van der Waals surface area contributed by atoms with E-state index in [-0.39, 0.29) is 0 Å². The smallest absolute Gasteiger partial charge is 0.0465 e. The van der Waals surface area contributed by atoms with Crippen molar-refractivity contribution in [1.82, 2.24) is 0 Å². The number of aliphatic hydroxyl groups is 1. The van der Waals surface area contributed by atoms with Gasteiger partial charge < -0.3 is 5.11 Å². The SMILES string of the molecule is CC1=C[C@H]2C[C@@H](CO)[C@@H]1C2. The van der Waals surface area contributed by atoms with Crippen LogP contribution in [0, 0.1) is 17.8 Å². The Bertz CT molecular complexity index is 172. The fourth-order valence-electron chi connectivity index (χ4n) is 2.56. The Morgan fingerprint density at radius 3 is 2.80 bits per heavy atom. The second-order valence-electron chi connectivity index (χ2n) is 3.69. The van der Waals surface area contributed by atoms with Gasteiger partial charge in [0, 0.05) is 6.61 Å². The highest BCUT2D eigenvalue weighted by Gasteiger charge is 2.38. The molecule has 0 aromatic rings. The summed E-state index contributed by atoms with van der Waals surface area (Å²) < 4.78 is 0. The van der Waals surface area contributed by atoms with Crippen LogP contribution < -0.4 is 0 Å². The topological polar surface area (TPSA) is 20.2 Å². The van der Waals surface area contributed by atoms with Crippen molar-refractivity contribution < 1.29 is 5.11 Å². The van der Waals surface area contributed by atoms with Gasteiger partial charge in [0.25, 0.3) is 0 Å². The van der Waals surface area contributed by atoms with Crippen LogP contribution in [-0.2, 0) is 0 Å². The van der Waals surface area contributed by atoms with Crippen molar-refractivity contribution >= 4 is 0 Å². The molecular weight excluding hydrogens is 124 g/mol. The zero-order valence-corrected chi connectivity index (χ0v) is 6.38. The summed E-state index contributed by atoms with van der Waals surface area (Å²) in [4.78, 5) is 0. The summed E-state index contributed by atoms with van der Waals surface area (Å²) in [7, 11) is 0. The first kappa shape index (κ1) is 6.41. The average molecular weight is 138 g/mol. The molecule has 0 spiro atoms. The van der Waals surface area contributed by atoms with E-state index < -0.39 is 0 Å². The molecule has 0 radical (unpaired) electrons. The monoisotopic (exact) mass is 138 g/mol. The first-order valence-corrected chi connectivity index (χ1v) is 4.10. The van der Waals surface area contributed by atoms with E-state index in [0.29, 0.717) is 12.5 Å². The lowest BCUT2D eigenvalue weighted by atomic mass is 9.89. The summed E-state index contributed by atoms with van der Waals surface area (Å²) in [5.41, 5.74) is 1.52. The molecule has 0 saturated heterocycles. The molecule has 0 aromatic heterocycles. The van der Waals surface area contributed by atoms with Crippen LogP contribution in [0.4, 0.5) is 0 Å². The predicted molar refractivity (Wildman–Crippen MR) is 40.5 cm³/mol. The van der Waals surface area contributed by atoms with Gasteiger partial charge in [-0.05, 0) is 37.5 Å². The minimum atomic E-state index is 0.395. The maximum absolute atomic E-state index is 8.98. The third kappa shape index (κ3) is 0.734. The normalized spacial score (nSPS) is 44.2. The Morgan fingerprint density at radius 1 is 1.60 bits per heavy atom. The number of aliphatic hydroxyl groups excluding tert-OH is 1. The molecule has 1 nitrogen and oxygen atoms in total. The van der Waals surface area contributed by atoms with E-state index in [4.69, 9.17) is 5.11 Å². The molecule has 2 bridgehead atoms. The van der Waals surface area contributed by atoms with Gasteiger partial charge in [0.1, 0.15) is 0 Å². The van der Waals surface area contributed by atoms with Crippen LogP contribution in [-0.4, -0.2) is 11.7 Å². The molecule has 1 fully saturated rings. The first-order valence-electron chi connectivity index (χ1n) is 4.10. The standard InChI is InChI=1S/C9H14O/c1-6-2-7-3-8(5-10)9(6)4-7/h2,7-10H,3-5H2,1H3/t7-,8-,9+/m0/s1. The van der Waals surface area contributed by atoms with Gasteiger partial charge in [-0.1, -0.05) is 11.6 Å². The zero-order chi connectivity index (χ0) is 7.14. The number of allylic oxidation sites excluding steroid dienone is 2. The molecule has 0 aliphatic heterocycles. The Kier molecular flexibility index (Phi) is 1.34. The second-order valence-corrected chi connectivity index (χ2v) is 3.69. The lowest BCUT2D eigenvalue weighted by Crippen LogP contribution is -2.14. The molecule has 2 rings (SSSR count). The first-order chi connectivity index (χ1) is 4.81. The molecule has 1 heteroatoms. The molecule has 0 unspecified atom stereocenters. The van der Waals surface area contributed by atoms with E-state index in [2.05, 4.69) is 13.0 Å². The zero-order valence-electron chi connectivity index (χ0n) is 6.38. The van der Waals surface area contributed by atoms with Crippen molar-refractivity contribution in [2.45, 2.75) is 19.8 Å². The average Bonchev–Trinajstić information content (AvgIpc) is 2.44. The van der Waals surface area contributed by atoms with E-state index in [1.165, 1.54) is 18.4 Å². The third-order valence-corrected chi connectivity index (χ3v) is 3.05. The minimum Gasteiger partial charge on any atom is -0.396 e. The number of hydrogen-bond donors (Lipinski definition) is 1. The Morgan fingerprint density at radius 2 is 2.40 bits per heavy atom. The Labute approximate surface area is 61.8 Å². The minimum absolute atomic E-state index is 0.395. The maximum Gasteiger partial charge on any atom is 0.0465 e. The maximum atomic E-state index is 8.98. The molecule has 0 heterocycles. The van der Waals surface area contributed by atoms with Crippen LogP contribution in [0.3, 0.4) is 0 Å². The molecule has 1 saturated carbocycles. The Balaban J connectivity index is 2.16. The van der Waals surface area contributed by atoms with Crippen molar-refractivity contribution in [2.75, 3.05) is 6.61 Å². The van der Waals surface area contributed by atoms with Gasteiger partial charge in [0.05, 0.1) is 0 Å². The van der Waals surface area contributed by atoms with E-state index in [1.807, 2.05) is 0 Å². The Hall–Kier alpha value is -0.300. The van der Waals surface area contributed by atoms with Crippen molar-refractivity contribution in [3.05, 3.63) is 11.6 Å². The summed E-state index contributed by atoms with van der Waals surface area (Å²) in [6.07, 6.45) is 4.94. The van der Waals surface area contributed by atoms with Gasteiger partial charge >= 0.3 is 0 Å². The molecule has 0 aromatic carbocycles. The summed E-state index contributed by atoms with van der Waals surface area (Å²) >= 11 is 0. The van der Waals surface area contributed by atoms with Crippen LogP contribution in [0.25, 0.3) is 0 Å². The fraction of sp³-hybridized carbons (Fsp3) is 0.778. The summed E-state index contributed by atoms with van der Waals surface area (Å²) in [6, 6.07) is 0. The largest absolute Gasteiger partial charge is 0.396 e. The van der Waals surface area contributed by atoms with Crippen molar-refractivity contribution in [2.24, 2.45) is 17.8 Å². The van der Waals surface area contributed by atoms with Crippen molar-refractivity contribution in [3.63, 3.8) is 0 Å². The van der Waals surface area contributed by atoms with Gasteiger partial charge in [-0.15, -0.1) is 0 Å². The number of fused-ring (bicyclic) bond motifs is 2. The fourth-order valence-corrected chi connectivity index (χ4v) is 2.56. The second kappa shape index (κ2) is 2.09. The van der Waals surface area contributed by atoms with E-state index in [0.717, 1.165) is 11.8 Å². The van der Waals surface area contributed by atoms with Gasteiger partial charge in [0.15, 0.2) is 0 Å². The van der Waals surface area contributed by atoms with E-state index in [1.54, 1.807) is 0 Å². The van der Waals surface area contributed by atoms with Gasteiger partial charge in [0.2, 0.25) is 0 Å². The van der Waals surface area contributed by atoms with Crippen molar-refractivity contribution in [1.29, 1.82) is 0 Å². The summed E-state index contributed by atoms with van der Waals surface area (Å²) in [6.45, 7) is 2.60. The number of rotatable bonds is 1. The third-order valence-electron chi connectivity index (χ3n) is 3.05. The molecule has 56 valence electrons. The van der Waals surface area contributed by atoms with Crippen LogP contribution in [0.5, 0.6) is 0 Å². The molecule has 2 aliphatic carbocycles. The molecular formula is C9H14O. The highest BCUT2D eigenvalue weighted by molar-refractivity contribution is 5.19. The lowest BCUT2D eigenvalue weighted by molar-refractivity contribution is 0.203. The highest BCUT2D eigenvalue weighted by atomic mass is 16.3. The highest BCUT2D eigenvalue weighted by Crippen LogP contribution is 2.47. The quantitative estimate of drug-likeness (QED) is 0.545. The predicted octanol–water partition coefficient (Wildman–Crippen LogP) is 1.58. The lowest BCUT2D eigenvalue weighted by Gasteiger charge is -2.18. The van der Waals surface area contributed by atoms with Crippen LogP contribution in [0.15, 0.2) is 11.6 Å². The van der Waals surface area contributed by atoms with Gasteiger partial charge in [-0.25, -0.2) is 0 Å². The van der Waals surface area contributed by atoms with Gasteiger partial charge in [-0.3, -0.25) is 0 Å². The molecule has 0 amide bonds. The van der Waals surface area contributed by atoms with Crippen LogP contribution >= 0.6 is 0 Å². The summed E-state index contributed by atoms with van der Waals surface area (Å²) in [5, 5.41) is 8.98. The van der Waals surface area contributed by atoms with Crippen LogP contribution in [0.2, 0.25) is 0 Å². The van der Waals surface area contributed by atoms with Gasteiger partial charge in [-0.2, -0.15) is 0 Å². The molecule has 1 N–H and O–H groups in total. The molecule has 10 heavy (non-hydrogen) atoms. The summed E-state index contributed by atoms with van der Waals surface area (Å²) in [5.74, 6) is 2.13. The molecule has 3 atom stereocenters. The number of hydrogen-bond acceptors (Lipinski definition) is 1. The van der Waals surface area contributed by atoms with Crippen LogP contribution in [0.1, 0.15) is 19.8 Å². The van der Waals surface area contributed by atoms with E-state index in [9.17, 15) is 0 Å². The molecule has 2 aliphatic rings. The van der Waals surface area contributed by atoms with E-state index >= 15 is 0 Å². The van der Waals surface area contributed by atoms with Crippen molar-refractivity contribution in [3.8, 4) is 0 Å².